The lowest BCUT2D eigenvalue weighted by atomic mass is 9.81. The number of hydrogen-bond acceptors (Lipinski definition) is 9. The Morgan fingerprint density at radius 1 is 0.545 bits per heavy atom. The van der Waals surface area contributed by atoms with Gasteiger partial charge in [-0.05, 0) is 54.6 Å². The second kappa shape index (κ2) is 20.2. The molecule has 2 aliphatic carbocycles. The molecule has 0 unspecified atom stereocenters. The molecular weight excluding hydrogens is 788 g/mol. The molecule has 10 nitrogen and oxygen atoms in total. The summed E-state index contributed by atoms with van der Waals surface area (Å²) in [6.07, 6.45) is 2.62. The van der Waals surface area contributed by atoms with E-state index in [-0.39, 0.29) is 86.5 Å². The quantitative estimate of drug-likeness (QED) is 0.0626. The molecule has 0 fully saturated rings. The third-order valence-corrected chi connectivity index (χ3v) is 9.62. The van der Waals surface area contributed by atoms with Crippen LogP contribution in [0.15, 0.2) is 72.8 Å². The van der Waals surface area contributed by atoms with E-state index in [1.165, 1.54) is 0 Å². The van der Waals surface area contributed by atoms with E-state index < -0.39 is 0 Å². The molecule has 286 valence electrons. The minimum atomic E-state index is -0.345. The van der Waals surface area contributed by atoms with Gasteiger partial charge in [-0.15, -0.1) is 34.8 Å². The number of alkyl halides is 3. The van der Waals surface area contributed by atoms with Crippen LogP contribution in [0.1, 0.15) is 108 Å². The number of nitrogen functional groups attached to an aromatic ring is 2. The zero-order valence-corrected chi connectivity index (χ0v) is 32.5. The molecule has 0 bridgehead atoms. The Labute approximate surface area is 337 Å². The highest BCUT2D eigenvalue weighted by molar-refractivity contribution is 6.63. The second-order valence-corrected chi connectivity index (χ2v) is 14.0. The smallest absolute Gasteiger partial charge is 0.224 e. The zero-order valence-electron chi connectivity index (χ0n) is 29.5. The minimum Gasteiger partial charge on any atom is -0.397 e. The van der Waals surface area contributed by atoms with Crippen molar-refractivity contribution in [2.75, 3.05) is 34.4 Å². The summed E-state index contributed by atoms with van der Waals surface area (Å²) in [5.74, 6) is -0.217. The van der Waals surface area contributed by atoms with Gasteiger partial charge in [0.15, 0.2) is 23.1 Å². The van der Waals surface area contributed by atoms with Crippen molar-refractivity contribution in [2.24, 2.45) is 0 Å². The van der Waals surface area contributed by atoms with E-state index >= 15 is 0 Å². The SMILES string of the molecule is Nc1ccc2c(c1N)C(=O)c1ccccc1C2=O.O=C(CCCCl)Cc1ccc2c(c1NC(=O)CCCCl)C(=O)c1ccccc1C2=O.O=C(Cl)CCCCl. The third kappa shape index (κ3) is 10.3. The van der Waals surface area contributed by atoms with Gasteiger partial charge in [0.2, 0.25) is 11.1 Å². The number of nitrogens with two attached hydrogens (primary N) is 2. The maximum absolute atomic E-state index is 13.3. The lowest BCUT2D eigenvalue weighted by Gasteiger charge is -2.22. The van der Waals surface area contributed by atoms with Crippen LogP contribution in [0, 0.1) is 0 Å². The fraction of sp³-hybridized carbons (Fsp3) is 0.244. The van der Waals surface area contributed by atoms with Crippen LogP contribution < -0.4 is 16.8 Å². The van der Waals surface area contributed by atoms with Gasteiger partial charge in [-0.3, -0.25) is 33.6 Å². The van der Waals surface area contributed by atoms with Crippen LogP contribution >= 0.6 is 46.4 Å². The van der Waals surface area contributed by atoms with Crippen molar-refractivity contribution in [2.45, 2.75) is 44.9 Å². The molecule has 0 saturated carbocycles. The van der Waals surface area contributed by atoms with Gasteiger partial charge in [0.1, 0.15) is 5.78 Å². The van der Waals surface area contributed by atoms with Crippen molar-refractivity contribution < 1.29 is 33.6 Å². The molecule has 0 heterocycles. The molecule has 14 heteroatoms. The lowest BCUT2D eigenvalue weighted by molar-refractivity contribution is -0.118. The van der Waals surface area contributed by atoms with Gasteiger partial charge < -0.3 is 16.8 Å². The number of rotatable bonds is 12. The molecule has 4 aromatic carbocycles. The number of Topliss-reactive ketones (excluding diaryl/α,β-unsaturated/α-hetero) is 1. The van der Waals surface area contributed by atoms with Crippen LogP contribution in [-0.4, -0.2) is 57.7 Å². The topological polar surface area (TPSA) is 184 Å². The zero-order chi connectivity index (χ0) is 40.2. The highest BCUT2D eigenvalue weighted by atomic mass is 35.5. The summed E-state index contributed by atoms with van der Waals surface area (Å²) in [5.41, 5.74) is 15.1. The van der Waals surface area contributed by atoms with Crippen molar-refractivity contribution in [3.05, 3.63) is 123 Å². The normalized spacial score (nSPS) is 12.1. The molecule has 1 amide bonds. The van der Waals surface area contributed by atoms with Crippen molar-refractivity contribution in [1.29, 1.82) is 0 Å². The third-order valence-electron chi connectivity index (χ3n) is 8.63. The van der Waals surface area contributed by atoms with Crippen LogP contribution in [0.5, 0.6) is 0 Å². The highest BCUT2D eigenvalue weighted by Crippen LogP contribution is 2.36. The molecule has 2 aliphatic rings. The van der Waals surface area contributed by atoms with Gasteiger partial charge in [-0.25, -0.2) is 0 Å². The van der Waals surface area contributed by atoms with Gasteiger partial charge in [0.25, 0.3) is 0 Å². The van der Waals surface area contributed by atoms with Gasteiger partial charge in [-0.2, -0.15) is 0 Å². The first-order valence-corrected chi connectivity index (χ1v) is 19.2. The van der Waals surface area contributed by atoms with Gasteiger partial charge in [0, 0.05) is 76.7 Å². The second-order valence-electron chi connectivity index (χ2n) is 12.4. The number of carbonyl (C=O) groups is 7. The Balaban J connectivity index is 0.000000226. The van der Waals surface area contributed by atoms with Gasteiger partial charge in [-0.1, -0.05) is 54.6 Å². The molecule has 4 aromatic rings. The average Bonchev–Trinajstić information content (AvgIpc) is 3.18. The molecule has 0 radical (unpaired) electrons. The monoisotopic (exact) mass is 823 g/mol. The molecule has 0 saturated heterocycles. The summed E-state index contributed by atoms with van der Waals surface area (Å²) in [5, 5.41) is 2.46. The molecule has 0 aliphatic heterocycles. The Morgan fingerprint density at radius 2 is 1.00 bits per heavy atom. The van der Waals surface area contributed by atoms with Crippen molar-refractivity contribution in [3.8, 4) is 0 Å². The first-order valence-electron chi connectivity index (χ1n) is 17.2. The first kappa shape index (κ1) is 42.9. The van der Waals surface area contributed by atoms with E-state index in [2.05, 4.69) is 5.32 Å². The standard InChI is InChI=1S/C23H21Cl2NO4.C14H10N2O2.C4H6Cl2O/c24-11-3-5-15(27)13-14-9-10-18-20(21(14)26-19(28)8-4-12-25)23(30)17-7-2-1-6-16(17)22(18)29;15-10-6-5-9-11(12(10)16)14(18)8-4-2-1-3-7(8)13(9)17;5-3-1-2-4(6)7/h1-2,6-7,9-10H,3-5,8,11-13H2,(H,26,28);1-6H,15-16H2;1-3H2. The van der Waals surface area contributed by atoms with Gasteiger partial charge in [0.05, 0.1) is 28.2 Å². The molecule has 6 rings (SSSR count). The summed E-state index contributed by atoms with van der Waals surface area (Å²) >= 11 is 21.5. The minimum absolute atomic E-state index is 0.0401. The number of nitrogens with one attached hydrogen (secondary N) is 1. The maximum atomic E-state index is 13.3. The van der Waals surface area contributed by atoms with Crippen molar-refractivity contribution in [1.82, 2.24) is 0 Å². The van der Waals surface area contributed by atoms with Crippen molar-refractivity contribution >= 4 is 104 Å². The van der Waals surface area contributed by atoms with E-state index in [4.69, 9.17) is 57.9 Å². The number of hydrogen-bond donors (Lipinski definition) is 3. The number of halogens is 4. The van der Waals surface area contributed by atoms with Crippen LogP contribution in [0.4, 0.5) is 17.1 Å². The highest BCUT2D eigenvalue weighted by Gasteiger charge is 2.34. The fourth-order valence-electron chi connectivity index (χ4n) is 5.95. The van der Waals surface area contributed by atoms with E-state index in [1.54, 1.807) is 72.8 Å². The number of ketones is 5. The summed E-state index contributed by atoms with van der Waals surface area (Å²) in [4.78, 5) is 85.5. The van der Waals surface area contributed by atoms with Crippen LogP contribution in [0.25, 0.3) is 0 Å². The van der Waals surface area contributed by atoms with E-state index in [1.807, 2.05) is 0 Å². The largest absolute Gasteiger partial charge is 0.397 e. The summed E-state index contributed by atoms with van der Waals surface area (Å²) < 4.78 is 0. The van der Waals surface area contributed by atoms with E-state index in [0.29, 0.717) is 83.2 Å². The molecular formula is C41H37Cl4N3O7. The van der Waals surface area contributed by atoms with E-state index in [0.717, 1.165) is 0 Å². The van der Waals surface area contributed by atoms with Crippen molar-refractivity contribution in [3.63, 3.8) is 0 Å². The number of carbonyl (C=O) groups excluding carboxylic acids is 7. The summed E-state index contributed by atoms with van der Waals surface area (Å²) in [6.45, 7) is 0. The average molecular weight is 826 g/mol. The Bertz CT molecular complexity index is 2170. The summed E-state index contributed by atoms with van der Waals surface area (Å²) in [7, 11) is 0. The van der Waals surface area contributed by atoms with Crippen LogP contribution in [0.2, 0.25) is 0 Å². The fourth-order valence-corrected chi connectivity index (χ4v) is 6.48. The molecule has 0 atom stereocenters. The lowest BCUT2D eigenvalue weighted by Crippen LogP contribution is -2.25. The Hall–Kier alpha value is -4.87. The van der Waals surface area contributed by atoms with Crippen LogP contribution in [0.3, 0.4) is 0 Å². The Kier molecular flexibility index (Phi) is 15.7. The Morgan fingerprint density at radius 3 is 1.51 bits per heavy atom. The van der Waals surface area contributed by atoms with Gasteiger partial charge >= 0.3 is 0 Å². The number of amides is 1. The van der Waals surface area contributed by atoms with E-state index in [9.17, 15) is 33.6 Å². The molecule has 55 heavy (non-hydrogen) atoms. The predicted octanol–water partition coefficient (Wildman–Crippen LogP) is 7.95. The first-order chi connectivity index (χ1) is 26.4. The maximum Gasteiger partial charge on any atom is 0.224 e. The number of anilines is 3. The molecule has 0 aromatic heterocycles. The summed E-state index contributed by atoms with van der Waals surface area (Å²) in [6, 6.07) is 19.6. The predicted molar refractivity (Wildman–Crippen MR) is 216 cm³/mol. The van der Waals surface area contributed by atoms with Crippen LogP contribution in [-0.2, 0) is 20.8 Å². The molecule has 5 N–H and O–H groups in total. The molecule has 0 spiro atoms. The number of benzene rings is 4. The number of fused-ring (bicyclic) bond motifs is 4.